The minimum Gasteiger partial charge on any atom is -0.350 e. The molecule has 134 valence electrons. The number of nitrogens with one attached hydrogen (secondary N) is 2. The molecule has 25 heavy (non-hydrogen) atoms. The van der Waals surface area contributed by atoms with Crippen LogP contribution in [0.5, 0.6) is 0 Å². The third-order valence-electron chi connectivity index (χ3n) is 3.44. The van der Waals surface area contributed by atoms with Gasteiger partial charge in [0.05, 0.1) is 4.90 Å². The number of benzene rings is 1. The van der Waals surface area contributed by atoms with E-state index in [-0.39, 0.29) is 22.9 Å². The van der Waals surface area contributed by atoms with Gasteiger partial charge in [-0.3, -0.25) is 9.78 Å². The zero-order valence-corrected chi connectivity index (χ0v) is 15.4. The molecular formula is C18H23N3O3S. The van der Waals surface area contributed by atoms with E-state index in [9.17, 15) is 13.2 Å². The summed E-state index contributed by atoms with van der Waals surface area (Å²) in [4.78, 5) is 16.2. The Hall–Kier alpha value is -2.25. The molecule has 0 saturated heterocycles. The van der Waals surface area contributed by atoms with E-state index >= 15 is 0 Å². The Labute approximate surface area is 148 Å². The van der Waals surface area contributed by atoms with Gasteiger partial charge in [-0.05, 0) is 57.2 Å². The lowest BCUT2D eigenvalue weighted by molar-refractivity contribution is 0.0943. The number of amides is 1. The van der Waals surface area contributed by atoms with Crippen molar-refractivity contribution < 1.29 is 13.2 Å². The summed E-state index contributed by atoms with van der Waals surface area (Å²) in [6.07, 6.45) is 2.17. The lowest BCUT2D eigenvalue weighted by Crippen LogP contribution is -2.34. The number of hydrogen-bond donors (Lipinski definition) is 2. The van der Waals surface area contributed by atoms with Gasteiger partial charge < -0.3 is 5.32 Å². The highest BCUT2D eigenvalue weighted by molar-refractivity contribution is 7.89. The lowest BCUT2D eigenvalue weighted by atomic mass is 10.2. The van der Waals surface area contributed by atoms with Crippen LogP contribution in [0.2, 0.25) is 0 Å². The molecule has 1 aromatic carbocycles. The smallest absolute Gasteiger partial charge is 0.251 e. The highest BCUT2D eigenvalue weighted by Crippen LogP contribution is 2.12. The maximum Gasteiger partial charge on any atom is 0.251 e. The minimum absolute atomic E-state index is 0.0185. The number of carbonyl (C=O) groups is 1. The molecule has 0 aliphatic carbocycles. The summed E-state index contributed by atoms with van der Waals surface area (Å²) in [7, 11) is -3.65. The number of nitrogens with zero attached hydrogens (tertiary/aromatic N) is 1. The summed E-state index contributed by atoms with van der Waals surface area (Å²) in [5, 5.41) is 2.77. The first kappa shape index (κ1) is 19.1. The van der Waals surface area contributed by atoms with Crippen molar-refractivity contribution in [1.29, 1.82) is 0 Å². The molecule has 0 aliphatic rings. The zero-order chi connectivity index (χ0) is 18.4. The molecular weight excluding hydrogens is 338 g/mol. The van der Waals surface area contributed by atoms with Crippen LogP contribution in [0.15, 0.2) is 53.6 Å². The average Bonchev–Trinajstić information content (AvgIpc) is 2.54. The Balaban J connectivity index is 2.05. The monoisotopic (exact) mass is 361 g/mol. The van der Waals surface area contributed by atoms with Gasteiger partial charge in [0.2, 0.25) is 10.0 Å². The molecule has 1 aromatic heterocycles. The van der Waals surface area contributed by atoms with Crippen LogP contribution in [0.3, 0.4) is 0 Å². The number of rotatable bonds is 7. The van der Waals surface area contributed by atoms with Gasteiger partial charge >= 0.3 is 0 Å². The summed E-state index contributed by atoms with van der Waals surface area (Å²) in [6, 6.07) is 11.1. The standard InChI is InChI=1S/C18H23N3O3S/c1-13(2)20-18(22)15-7-9-17(10-8-15)25(23,24)21-14(3)12-16-6-4-5-11-19-16/h4-11,13-14,21H,12H2,1-3H3,(H,20,22)/t14-/m0/s1. The van der Waals surface area contributed by atoms with Crippen LogP contribution in [-0.4, -0.2) is 31.4 Å². The normalized spacial score (nSPS) is 12.8. The first-order chi connectivity index (χ1) is 11.8. The zero-order valence-electron chi connectivity index (χ0n) is 14.6. The van der Waals surface area contributed by atoms with Crippen molar-refractivity contribution in [2.45, 2.75) is 44.2 Å². The van der Waals surface area contributed by atoms with Crippen LogP contribution in [0.1, 0.15) is 36.8 Å². The highest BCUT2D eigenvalue weighted by atomic mass is 32.2. The Kier molecular flexibility index (Phi) is 6.27. The third-order valence-corrected chi connectivity index (χ3v) is 5.05. The number of sulfonamides is 1. The summed E-state index contributed by atoms with van der Waals surface area (Å²) in [6.45, 7) is 5.52. The van der Waals surface area contributed by atoms with Gasteiger partial charge in [0.25, 0.3) is 5.91 Å². The van der Waals surface area contributed by atoms with Gasteiger partial charge in [-0.2, -0.15) is 0 Å². The van der Waals surface area contributed by atoms with Crippen molar-refractivity contribution in [3.05, 3.63) is 59.9 Å². The molecule has 6 nitrogen and oxygen atoms in total. The van der Waals surface area contributed by atoms with Crippen LogP contribution in [0, 0.1) is 0 Å². The van der Waals surface area contributed by atoms with Crippen molar-refractivity contribution in [1.82, 2.24) is 15.0 Å². The van der Waals surface area contributed by atoms with Crippen LogP contribution < -0.4 is 10.0 Å². The second-order valence-electron chi connectivity index (χ2n) is 6.20. The number of aromatic nitrogens is 1. The Morgan fingerprint density at radius 1 is 1.08 bits per heavy atom. The number of hydrogen-bond acceptors (Lipinski definition) is 4. The maximum atomic E-state index is 12.5. The van der Waals surface area contributed by atoms with Gasteiger partial charge in [0, 0.05) is 36.0 Å². The fourth-order valence-corrected chi connectivity index (χ4v) is 3.58. The first-order valence-corrected chi connectivity index (χ1v) is 9.59. The van der Waals surface area contributed by atoms with E-state index in [2.05, 4.69) is 15.0 Å². The molecule has 0 bridgehead atoms. The van der Waals surface area contributed by atoms with E-state index in [1.165, 1.54) is 24.3 Å². The predicted octanol–water partition coefficient (Wildman–Crippen LogP) is 2.13. The maximum absolute atomic E-state index is 12.5. The molecule has 0 fully saturated rings. The van der Waals surface area contributed by atoms with E-state index < -0.39 is 10.0 Å². The summed E-state index contributed by atoms with van der Waals surface area (Å²) >= 11 is 0. The predicted molar refractivity (Wildman–Crippen MR) is 96.8 cm³/mol. The second kappa shape index (κ2) is 8.22. The quantitative estimate of drug-likeness (QED) is 0.791. The van der Waals surface area contributed by atoms with E-state index in [1.807, 2.05) is 32.0 Å². The molecule has 2 aromatic rings. The van der Waals surface area contributed by atoms with E-state index in [4.69, 9.17) is 0 Å². The minimum atomic E-state index is -3.65. The molecule has 0 spiro atoms. The van der Waals surface area contributed by atoms with Crippen molar-refractivity contribution in [2.24, 2.45) is 0 Å². The largest absolute Gasteiger partial charge is 0.350 e. The number of pyridine rings is 1. The fourth-order valence-electron chi connectivity index (χ4n) is 2.34. The van der Waals surface area contributed by atoms with Crippen molar-refractivity contribution in [2.75, 3.05) is 0 Å². The molecule has 0 aliphatic heterocycles. The van der Waals surface area contributed by atoms with Gasteiger partial charge in [-0.1, -0.05) is 6.07 Å². The molecule has 2 rings (SSSR count). The van der Waals surface area contributed by atoms with Crippen molar-refractivity contribution in [3.8, 4) is 0 Å². The second-order valence-corrected chi connectivity index (χ2v) is 7.91. The molecule has 0 saturated carbocycles. The van der Waals surface area contributed by atoms with Crippen molar-refractivity contribution in [3.63, 3.8) is 0 Å². The summed E-state index contributed by atoms with van der Waals surface area (Å²) in [5.41, 5.74) is 1.24. The Bertz CT molecular complexity index is 803. The fraction of sp³-hybridized carbons (Fsp3) is 0.333. The van der Waals surface area contributed by atoms with Crippen LogP contribution in [-0.2, 0) is 16.4 Å². The van der Waals surface area contributed by atoms with Gasteiger partial charge in [-0.25, -0.2) is 13.1 Å². The third kappa shape index (κ3) is 5.65. The Morgan fingerprint density at radius 2 is 1.76 bits per heavy atom. The summed E-state index contributed by atoms with van der Waals surface area (Å²) in [5.74, 6) is -0.226. The van der Waals surface area contributed by atoms with E-state index in [1.54, 1.807) is 13.1 Å². The van der Waals surface area contributed by atoms with Gasteiger partial charge in [-0.15, -0.1) is 0 Å². The highest BCUT2D eigenvalue weighted by Gasteiger charge is 2.18. The topological polar surface area (TPSA) is 88.2 Å². The van der Waals surface area contributed by atoms with E-state index in [0.717, 1.165) is 5.69 Å². The van der Waals surface area contributed by atoms with E-state index in [0.29, 0.717) is 12.0 Å². The Morgan fingerprint density at radius 3 is 2.32 bits per heavy atom. The average molecular weight is 361 g/mol. The first-order valence-electron chi connectivity index (χ1n) is 8.11. The SMILES string of the molecule is CC(C)NC(=O)c1ccc(S(=O)(=O)N[C@@H](C)Cc2ccccn2)cc1. The van der Waals surface area contributed by atoms with Crippen molar-refractivity contribution >= 4 is 15.9 Å². The summed E-state index contributed by atoms with van der Waals surface area (Å²) < 4.78 is 27.6. The molecule has 1 amide bonds. The molecule has 7 heteroatoms. The lowest BCUT2D eigenvalue weighted by Gasteiger charge is -2.14. The molecule has 0 radical (unpaired) electrons. The van der Waals surface area contributed by atoms with Gasteiger partial charge in [0.15, 0.2) is 0 Å². The van der Waals surface area contributed by atoms with Crippen LogP contribution in [0.4, 0.5) is 0 Å². The molecule has 0 unspecified atom stereocenters. The molecule has 1 heterocycles. The van der Waals surface area contributed by atoms with Gasteiger partial charge in [0.1, 0.15) is 0 Å². The van der Waals surface area contributed by atoms with Crippen LogP contribution >= 0.6 is 0 Å². The molecule has 2 N–H and O–H groups in total. The van der Waals surface area contributed by atoms with Crippen LogP contribution in [0.25, 0.3) is 0 Å². The number of carbonyl (C=O) groups excluding carboxylic acids is 1. The molecule has 1 atom stereocenters.